The minimum absolute atomic E-state index is 0.0515. The third kappa shape index (κ3) is 2.03. The molecule has 0 aromatic carbocycles. The van der Waals surface area contributed by atoms with E-state index in [1.807, 2.05) is 0 Å². The molecule has 0 aromatic heterocycles. The van der Waals surface area contributed by atoms with Gasteiger partial charge in [0.05, 0.1) is 13.2 Å². The van der Waals surface area contributed by atoms with Gasteiger partial charge in [0, 0.05) is 5.82 Å². The molecule has 0 spiro atoms. The molecule has 4 nitrogen and oxygen atoms in total. The molecule has 0 radical (unpaired) electrons. The molecule has 1 aliphatic carbocycles. The molecule has 0 unspecified atom stereocenters. The number of rotatable bonds is 5. The summed E-state index contributed by atoms with van der Waals surface area (Å²) in [6, 6.07) is 0. The van der Waals surface area contributed by atoms with Gasteiger partial charge in [0.1, 0.15) is 0 Å². The van der Waals surface area contributed by atoms with E-state index in [0.29, 0.717) is 0 Å². The molecule has 1 aliphatic rings. The number of esters is 2. The highest BCUT2D eigenvalue weighted by Gasteiger charge is 2.73. The van der Waals surface area contributed by atoms with Crippen molar-refractivity contribution in [2.24, 2.45) is 5.41 Å². The molecule has 0 aliphatic heterocycles. The molecule has 16 heavy (non-hydrogen) atoms. The topological polar surface area (TPSA) is 52.6 Å². The van der Waals surface area contributed by atoms with Crippen LogP contribution in [-0.2, 0) is 19.1 Å². The quantitative estimate of drug-likeness (QED) is 0.408. The van der Waals surface area contributed by atoms with Crippen LogP contribution in [-0.4, -0.2) is 32.4 Å². The summed E-state index contributed by atoms with van der Waals surface area (Å²) in [5.74, 6) is -3.08. The average Bonchev–Trinajstić information content (AvgIpc) is 2.94. The maximum absolute atomic E-state index is 12.5. The highest BCUT2D eigenvalue weighted by atomic mass is 19.2. The minimum atomic E-state index is -2.71. The van der Waals surface area contributed by atoms with Gasteiger partial charge < -0.3 is 9.47 Å². The Morgan fingerprint density at radius 1 is 1.25 bits per heavy atom. The van der Waals surface area contributed by atoms with Crippen LogP contribution in [0.5, 0.6) is 0 Å². The van der Waals surface area contributed by atoms with Crippen molar-refractivity contribution in [2.45, 2.75) is 26.1 Å². The van der Waals surface area contributed by atoms with E-state index in [-0.39, 0.29) is 19.6 Å². The Kier molecular flexibility index (Phi) is 3.88. The molecule has 0 saturated heterocycles. The predicted octanol–water partition coefficient (Wildman–Crippen LogP) is 1.30. The summed E-state index contributed by atoms with van der Waals surface area (Å²) in [5.41, 5.74) is -1.76. The molecular formula is C9H13BF2O4. The van der Waals surface area contributed by atoms with Crippen LogP contribution in [0.3, 0.4) is 0 Å². The fourth-order valence-corrected chi connectivity index (χ4v) is 1.66. The highest BCUT2D eigenvalue weighted by molar-refractivity contribution is 6.49. The summed E-state index contributed by atoms with van der Waals surface area (Å²) in [6.07, 6.45) is -0.192. The van der Waals surface area contributed by atoms with Crippen molar-refractivity contribution in [2.75, 3.05) is 13.2 Å². The summed E-state index contributed by atoms with van der Waals surface area (Å²) in [4.78, 5) is 23.0. The lowest BCUT2D eigenvalue weighted by molar-refractivity contribution is -0.164. The Morgan fingerprint density at radius 3 is 1.94 bits per heavy atom. The van der Waals surface area contributed by atoms with E-state index in [1.165, 1.54) is 0 Å². The van der Waals surface area contributed by atoms with Gasteiger partial charge in [0.2, 0.25) is 0 Å². The molecule has 1 rings (SSSR count). The van der Waals surface area contributed by atoms with Gasteiger partial charge in [-0.3, -0.25) is 18.2 Å². The molecule has 1 saturated carbocycles. The van der Waals surface area contributed by atoms with Crippen molar-refractivity contribution in [1.82, 2.24) is 0 Å². The molecule has 90 valence electrons. The van der Waals surface area contributed by atoms with Crippen LogP contribution in [0.15, 0.2) is 0 Å². The van der Waals surface area contributed by atoms with Gasteiger partial charge in [0.15, 0.2) is 5.41 Å². The van der Waals surface area contributed by atoms with Gasteiger partial charge in [-0.1, -0.05) is 0 Å². The van der Waals surface area contributed by atoms with Crippen LogP contribution in [0.1, 0.15) is 20.3 Å². The van der Waals surface area contributed by atoms with Crippen LogP contribution in [0.2, 0.25) is 5.82 Å². The third-order valence-corrected chi connectivity index (χ3v) is 2.60. The van der Waals surface area contributed by atoms with Crippen LogP contribution in [0, 0.1) is 5.41 Å². The fourth-order valence-electron chi connectivity index (χ4n) is 1.66. The first-order valence-corrected chi connectivity index (χ1v) is 5.13. The van der Waals surface area contributed by atoms with E-state index < -0.39 is 30.4 Å². The lowest BCUT2D eigenvalue weighted by Crippen LogP contribution is -2.32. The van der Waals surface area contributed by atoms with Crippen molar-refractivity contribution in [3.63, 3.8) is 0 Å². The molecule has 0 heterocycles. The summed E-state index contributed by atoms with van der Waals surface area (Å²) in [7, 11) is -2.71. The van der Waals surface area contributed by atoms with Crippen LogP contribution >= 0.6 is 0 Å². The van der Waals surface area contributed by atoms with Crippen LogP contribution < -0.4 is 0 Å². The van der Waals surface area contributed by atoms with Gasteiger partial charge in [-0.2, -0.15) is 0 Å². The molecule has 0 bridgehead atoms. The molecule has 1 atom stereocenters. The zero-order chi connectivity index (χ0) is 12.3. The van der Waals surface area contributed by atoms with Gasteiger partial charge in [-0.25, -0.2) is 0 Å². The Morgan fingerprint density at radius 2 is 1.69 bits per heavy atom. The van der Waals surface area contributed by atoms with E-state index >= 15 is 0 Å². The smallest absolute Gasteiger partial charge is 0.465 e. The monoisotopic (exact) mass is 234 g/mol. The molecule has 7 heteroatoms. The minimum Gasteiger partial charge on any atom is -0.465 e. The van der Waals surface area contributed by atoms with E-state index in [1.54, 1.807) is 13.8 Å². The first-order chi connectivity index (χ1) is 7.50. The number of hydrogen-bond donors (Lipinski definition) is 0. The zero-order valence-corrected chi connectivity index (χ0v) is 9.16. The van der Waals surface area contributed by atoms with Crippen molar-refractivity contribution in [3.05, 3.63) is 0 Å². The Balaban J connectivity index is 2.81. The number of carbonyl (C=O) groups excluding carboxylic acids is 2. The zero-order valence-electron chi connectivity index (χ0n) is 9.16. The number of carbonyl (C=O) groups is 2. The second kappa shape index (κ2) is 4.80. The Hall–Kier alpha value is -1.14. The summed E-state index contributed by atoms with van der Waals surface area (Å²) < 4.78 is 34.3. The fraction of sp³-hybridized carbons (Fsp3) is 0.778. The third-order valence-electron chi connectivity index (χ3n) is 2.60. The average molecular weight is 234 g/mol. The molecular weight excluding hydrogens is 221 g/mol. The molecule has 0 aromatic rings. The van der Waals surface area contributed by atoms with Gasteiger partial charge in [-0.05, 0) is 20.3 Å². The predicted molar refractivity (Wildman–Crippen MR) is 52.0 cm³/mol. The van der Waals surface area contributed by atoms with Crippen molar-refractivity contribution >= 4 is 19.2 Å². The van der Waals surface area contributed by atoms with E-state index in [4.69, 9.17) is 0 Å². The molecule has 0 amide bonds. The van der Waals surface area contributed by atoms with Crippen molar-refractivity contribution in [3.8, 4) is 0 Å². The van der Waals surface area contributed by atoms with E-state index in [2.05, 4.69) is 9.47 Å². The Bertz CT molecular complexity index is 277. The Labute approximate surface area is 92.5 Å². The van der Waals surface area contributed by atoms with Gasteiger partial charge >= 0.3 is 19.2 Å². The molecule has 1 fully saturated rings. The lowest BCUT2D eigenvalue weighted by atomic mass is 9.83. The first kappa shape index (κ1) is 12.9. The maximum atomic E-state index is 12.5. The highest BCUT2D eigenvalue weighted by Crippen LogP contribution is 2.61. The molecule has 0 N–H and O–H groups in total. The summed E-state index contributed by atoms with van der Waals surface area (Å²) >= 11 is 0. The largest absolute Gasteiger partial charge is 0.543 e. The standard InChI is InChI=1S/C9H13BF2O4/c1-3-15-7(13)9(8(14)16-4-2)5-6(9)10(11)12/h6H,3-5H2,1-2H3/t6-/m0/s1. The number of hydrogen-bond acceptors (Lipinski definition) is 4. The maximum Gasteiger partial charge on any atom is 0.543 e. The number of ether oxygens (including phenoxy) is 2. The van der Waals surface area contributed by atoms with Gasteiger partial charge in [-0.15, -0.1) is 0 Å². The lowest BCUT2D eigenvalue weighted by Gasteiger charge is -2.13. The first-order valence-electron chi connectivity index (χ1n) is 5.13. The second-order valence-electron chi connectivity index (χ2n) is 3.56. The van der Waals surface area contributed by atoms with Crippen molar-refractivity contribution < 1.29 is 27.7 Å². The van der Waals surface area contributed by atoms with Crippen LogP contribution in [0.4, 0.5) is 8.63 Å². The second-order valence-corrected chi connectivity index (χ2v) is 3.56. The summed E-state index contributed by atoms with van der Waals surface area (Å²) in [5, 5.41) is 0. The van der Waals surface area contributed by atoms with E-state index in [9.17, 15) is 18.2 Å². The SMILES string of the molecule is CCOC(=O)C1(C(=O)OCC)C[C@@H]1B(F)F. The van der Waals surface area contributed by atoms with Gasteiger partial charge in [0.25, 0.3) is 0 Å². The normalized spacial score (nSPS) is 21.1. The van der Waals surface area contributed by atoms with E-state index in [0.717, 1.165) is 0 Å². The van der Waals surface area contributed by atoms with Crippen molar-refractivity contribution in [1.29, 1.82) is 0 Å². The van der Waals surface area contributed by atoms with Crippen LogP contribution in [0.25, 0.3) is 0 Å². The number of halogens is 2. The summed E-state index contributed by atoms with van der Waals surface area (Å²) in [6.45, 7) is 3.21.